The highest BCUT2D eigenvalue weighted by Gasteiger charge is 2.32. The molecule has 1 aliphatic rings. The summed E-state index contributed by atoms with van der Waals surface area (Å²) in [5.41, 5.74) is 0. The number of aliphatic carboxylic acids is 1. The third kappa shape index (κ3) is 2.22. The predicted octanol–water partition coefficient (Wildman–Crippen LogP) is 2.46. The molecule has 4 nitrogen and oxygen atoms in total. The van der Waals surface area contributed by atoms with E-state index >= 15 is 0 Å². The van der Waals surface area contributed by atoms with Crippen molar-refractivity contribution >= 4 is 21.9 Å². The SMILES string of the molecule is O=C(O)C1CCCCC1n1cc(Br)cn1. The van der Waals surface area contributed by atoms with E-state index in [0.717, 1.165) is 30.2 Å². The van der Waals surface area contributed by atoms with Gasteiger partial charge in [-0.15, -0.1) is 0 Å². The van der Waals surface area contributed by atoms with Crippen LogP contribution in [0.25, 0.3) is 0 Å². The van der Waals surface area contributed by atoms with Crippen LogP contribution < -0.4 is 0 Å². The fraction of sp³-hybridized carbons (Fsp3) is 0.600. The number of hydrogen-bond donors (Lipinski definition) is 1. The first-order valence-corrected chi connectivity index (χ1v) is 5.90. The Morgan fingerprint density at radius 3 is 2.87 bits per heavy atom. The molecule has 15 heavy (non-hydrogen) atoms. The molecule has 1 aromatic rings. The topological polar surface area (TPSA) is 55.1 Å². The maximum atomic E-state index is 11.1. The Balaban J connectivity index is 2.21. The lowest BCUT2D eigenvalue weighted by Gasteiger charge is -2.28. The molecule has 1 N–H and O–H groups in total. The number of hydrogen-bond acceptors (Lipinski definition) is 2. The van der Waals surface area contributed by atoms with Gasteiger partial charge in [-0.3, -0.25) is 9.48 Å². The van der Waals surface area contributed by atoms with E-state index in [1.54, 1.807) is 10.9 Å². The number of aromatic nitrogens is 2. The summed E-state index contributed by atoms with van der Waals surface area (Å²) in [6.07, 6.45) is 7.32. The molecule has 0 radical (unpaired) electrons. The second-order valence-corrected chi connectivity index (χ2v) is 4.85. The van der Waals surface area contributed by atoms with Crippen LogP contribution in [0.3, 0.4) is 0 Å². The summed E-state index contributed by atoms with van der Waals surface area (Å²) in [4.78, 5) is 11.1. The molecule has 5 heteroatoms. The van der Waals surface area contributed by atoms with E-state index in [9.17, 15) is 4.79 Å². The van der Waals surface area contributed by atoms with Gasteiger partial charge in [0, 0.05) is 6.20 Å². The number of halogens is 1. The highest BCUT2D eigenvalue weighted by molar-refractivity contribution is 9.10. The molecule has 2 unspecified atom stereocenters. The average Bonchev–Trinajstić information content (AvgIpc) is 2.65. The van der Waals surface area contributed by atoms with E-state index in [1.165, 1.54) is 0 Å². The van der Waals surface area contributed by atoms with E-state index in [1.807, 2.05) is 6.20 Å². The molecule has 1 heterocycles. The lowest BCUT2D eigenvalue weighted by Crippen LogP contribution is -2.29. The van der Waals surface area contributed by atoms with Crippen LogP contribution in [-0.2, 0) is 4.79 Å². The van der Waals surface area contributed by atoms with Gasteiger partial charge in [0.15, 0.2) is 0 Å². The summed E-state index contributed by atoms with van der Waals surface area (Å²) in [5.74, 6) is -0.989. The molecule has 82 valence electrons. The van der Waals surface area contributed by atoms with Gasteiger partial charge in [0.05, 0.1) is 22.6 Å². The average molecular weight is 273 g/mol. The monoisotopic (exact) mass is 272 g/mol. The lowest BCUT2D eigenvalue weighted by molar-refractivity contribution is -0.144. The number of carboxylic acid groups (broad SMARTS) is 1. The molecule has 2 atom stereocenters. The van der Waals surface area contributed by atoms with Crippen molar-refractivity contribution < 1.29 is 9.90 Å². The summed E-state index contributed by atoms with van der Waals surface area (Å²) >= 11 is 3.32. The molecule has 0 spiro atoms. The summed E-state index contributed by atoms with van der Waals surface area (Å²) in [6.45, 7) is 0. The second kappa shape index (κ2) is 4.35. The predicted molar refractivity (Wildman–Crippen MR) is 58.6 cm³/mol. The van der Waals surface area contributed by atoms with E-state index in [-0.39, 0.29) is 12.0 Å². The Morgan fingerprint density at radius 2 is 2.27 bits per heavy atom. The highest BCUT2D eigenvalue weighted by Crippen LogP contribution is 2.34. The van der Waals surface area contributed by atoms with Crippen LogP contribution in [-0.4, -0.2) is 20.9 Å². The fourth-order valence-electron chi connectivity index (χ4n) is 2.21. The molecule has 0 bridgehead atoms. The second-order valence-electron chi connectivity index (χ2n) is 3.94. The molecule has 2 rings (SSSR count). The van der Waals surface area contributed by atoms with Gasteiger partial charge in [-0.1, -0.05) is 12.8 Å². The van der Waals surface area contributed by atoms with Gasteiger partial charge in [-0.05, 0) is 28.8 Å². The maximum absolute atomic E-state index is 11.1. The Hall–Kier alpha value is -0.840. The van der Waals surface area contributed by atoms with Crippen molar-refractivity contribution in [3.63, 3.8) is 0 Å². The molecule has 0 amide bonds. The van der Waals surface area contributed by atoms with Gasteiger partial charge in [0.2, 0.25) is 0 Å². The van der Waals surface area contributed by atoms with Crippen LogP contribution in [0.2, 0.25) is 0 Å². The van der Waals surface area contributed by atoms with Crippen molar-refractivity contribution in [2.45, 2.75) is 31.7 Å². The zero-order valence-electron chi connectivity index (χ0n) is 8.27. The first-order valence-electron chi connectivity index (χ1n) is 5.11. The largest absolute Gasteiger partial charge is 0.481 e. The normalized spacial score (nSPS) is 26.5. The van der Waals surface area contributed by atoms with Gasteiger partial charge < -0.3 is 5.11 Å². The molecule has 0 aromatic carbocycles. The van der Waals surface area contributed by atoms with Crippen LogP contribution in [0.15, 0.2) is 16.9 Å². The van der Waals surface area contributed by atoms with E-state index in [0.29, 0.717) is 0 Å². The summed E-state index contributed by atoms with van der Waals surface area (Å²) < 4.78 is 2.68. The minimum absolute atomic E-state index is 0.0162. The molecule has 1 fully saturated rings. The van der Waals surface area contributed by atoms with Crippen molar-refractivity contribution in [3.8, 4) is 0 Å². The number of carboxylic acids is 1. The number of nitrogens with zero attached hydrogens (tertiary/aromatic N) is 2. The molecule has 1 aromatic heterocycles. The molecule has 0 saturated heterocycles. The zero-order valence-corrected chi connectivity index (χ0v) is 9.85. The minimum atomic E-state index is -0.702. The molecular weight excluding hydrogens is 260 g/mol. The van der Waals surface area contributed by atoms with Crippen LogP contribution in [0.5, 0.6) is 0 Å². The first-order chi connectivity index (χ1) is 7.18. The Bertz CT molecular complexity index is 364. The van der Waals surface area contributed by atoms with Gasteiger partial charge in [0.1, 0.15) is 0 Å². The summed E-state index contributed by atoms with van der Waals surface area (Å²) in [7, 11) is 0. The van der Waals surface area contributed by atoms with Crippen molar-refractivity contribution in [2.24, 2.45) is 5.92 Å². The van der Waals surface area contributed by atoms with Crippen molar-refractivity contribution in [3.05, 3.63) is 16.9 Å². The Morgan fingerprint density at radius 1 is 1.53 bits per heavy atom. The van der Waals surface area contributed by atoms with Crippen LogP contribution >= 0.6 is 15.9 Å². The summed E-state index contributed by atoms with van der Waals surface area (Å²) in [5, 5.41) is 13.3. The van der Waals surface area contributed by atoms with Crippen LogP contribution in [0.1, 0.15) is 31.7 Å². The molecule has 1 aliphatic carbocycles. The van der Waals surface area contributed by atoms with Gasteiger partial charge >= 0.3 is 5.97 Å². The minimum Gasteiger partial charge on any atom is -0.481 e. The fourth-order valence-corrected chi connectivity index (χ4v) is 2.51. The summed E-state index contributed by atoms with van der Waals surface area (Å²) in [6, 6.07) is 0.0162. The highest BCUT2D eigenvalue weighted by atomic mass is 79.9. The third-order valence-electron chi connectivity index (χ3n) is 2.96. The zero-order chi connectivity index (χ0) is 10.8. The van der Waals surface area contributed by atoms with E-state index in [4.69, 9.17) is 5.11 Å². The quantitative estimate of drug-likeness (QED) is 0.900. The van der Waals surface area contributed by atoms with E-state index in [2.05, 4.69) is 21.0 Å². The van der Waals surface area contributed by atoms with Crippen molar-refractivity contribution in [1.82, 2.24) is 9.78 Å². The molecular formula is C10H13BrN2O2. The van der Waals surface area contributed by atoms with Gasteiger partial charge in [-0.2, -0.15) is 5.10 Å². The Kier molecular flexibility index (Phi) is 3.09. The van der Waals surface area contributed by atoms with Crippen LogP contribution in [0.4, 0.5) is 0 Å². The first kappa shape index (κ1) is 10.7. The van der Waals surface area contributed by atoms with E-state index < -0.39 is 5.97 Å². The van der Waals surface area contributed by atoms with Crippen LogP contribution in [0, 0.1) is 5.92 Å². The number of rotatable bonds is 2. The van der Waals surface area contributed by atoms with Gasteiger partial charge in [-0.25, -0.2) is 0 Å². The maximum Gasteiger partial charge on any atom is 0.308 e. The molecule has 1 saturated carbocycles. The van der Waals surface area contributed by atoms with Crippen molar-refractivity contribution in [1.29, 1.82) is 0 Å². The number of carbonyl (C=O) groups is 1. The standard InChI is InChI=1S/C10H13BrN2O2/c11-7-5-12-13(6-7)9-4-2-1-3-8(9)10(14)15/h5-6,8-9H,1-4H2,(H,14,15). The Labute approximate surface area is 96.4 Å². The smallest absolute Gasteiger partial charge is 0.308 e. The van der Waals surface area contributed by atoms with Gasteiger partial charge in [0.25, 0.3) is 0 Å². The lowest BCUT2D eigenvalue weighted by atomic mass is 9.85. The van der Waals surface area contributed by atoms with Crippen molar-refractivity contribution in [2.75, 3.05) is 0 Å². The molecule has 0 aliphatic heterocycles. The third-order valence-corrected chi connectivity index (χ3v) is 3.37.